The highest BCUT2D eigenvalue weighted by Crippen LogP contribution is 2.27. The summed E-state index contributed by atoms with van der Waals surface area (Å²) >= 11 is 0. The Morgan fingerprint density at radius 3 is 2.75 bits per heavy atom. The molecule has 0 aliphatic carbocycles. The van der Waals surface area contributed by atoms with Crippen LogP contribution in [0.25, 0.3) is 0 Å². The number of aryl methyl sites for hydroxylation is 2. The van der Waals surface area contributed by atoms with Gasteiger partial charge in [0, 0.05) is 24.2 Å². The highest BCUT2D eigenvalue weighted by atomic mass is 14.9. The minimum Gasteiger partial charge on any atom is -0.383 e. The van der Waals surface area contributed by atoms with Gasteiger partial charge in [0.2, 0.25) is 0 Å². The van der Waals surface area contributed by atoms with Crippen LogP contribution in [0.15, 0.2) is 30.7 Å². The third kappa shape index (κ3) is 3.14. The van der Waals surface area contributed by atoms with Gasteiger partial charge in [-0.3, -0.25) is 4.98 Å². The zero-order valence-corrected chi connectivity index (χ0v) is 12.4. The molecule has 4 nitrogen and oxygen atoms in total. The van der Waals surface area contributed by atoms with Gasteiger partial charge in [-0.15, -0.1) is 0 Å². The highest BCUT2D eigenvalue weighted by Gasteiger charge is 2.18. The molecule has 0 bridgehead atoms. The van der Waals surface area contributed by atoms with E-state index in [1.54, 1.807) is 6.20 Å². The van der Waals surface area contributed by atoms with E-state index in [9.17, 15) is 0 Å². The summed E-state index contributed by atoms with van der Waals surface area (Å²) in [6.45, 7) is 7.20. The monoisotopic (exact) mass is 270 g/mol. The van der Waals surface area contributed by atoms with E-state index in [1.165, 1.54) is 5.56 Å². The quantitative estimate of drug-likeness (QED) is 0.877. The molecule has 0 spiro atoms. The first kappa shape index (κ1) is 14.5. The topological polar surface area (TPSA) is 63.8 Å². The molecule has 1 atom stereocenters. The largest absolute Gasteiger partial charge is 0.383 e. The summed E-state index contributed by atoms with van der Waals surface area (Å²) in [5.41, 5.74) is 10.6. The summed E-state index contributed by atoms with van der Waals surface area (Å²) in [6.07, 6.45) is 6.58. The Bertz CT molecular complexity index is 580. The van der Waals surface area contributed by atoms with Gasteiger partial charge in [0.05, 0.1) is 6.04 Å². The molecule has 4 heteroatoms. The van der Waals surface area contributed by atoms with E-state index in [1.807, 2.05) is 25.4 Å². The van der Waals surface area contributed by atoms with Crippen LogP contribution in [0, 0.1) is 13.8 Å². The van der Waals surface area contributed by atoms with Crippen molar-refractivity contribution < 1.29 is 0 Å². The van der Waals surface area contributed by atoms with Crippen LogP contribution in [-0.2, 0) is 0 Å². The molecule has 0 radical (unpaired) electrons. The smallest absolute Gasteiger partial charge is 0.128 e. The number of rotatable bonds is 5. The van der Waals surface area contributed by atoms with E-state index in [2.05, 4.69) is 35.2 Å². The maximum Gasteiger partial charge on any atom is 0.128 e. The lowest BCUT2D eigenvalue weighted by Crippen LogP contribution is -2.25. The molecule has 2 aromatic rings. The maximum absolute atomic E-state index is 6.08. The average Bonchev–Trinajstić information content (AvgIpc) is 2.44. The molecule has 2 aromatic heterocycles. The van der Waals surface area contributed by atoms with Crippen LogP contribution in [0.3, 0.4) is 0 Å². The Morgan fingerprint density at radius 1 is 1.25 bits per heavy atom. The van der Waals surface area contributed by atoms with Gasteiger partial charge >= 0.3 is 0 Å². The summed E-state index contributed by atoms with van der Waals surface area (Å²) in [5.74, 6) is 0.576. The number of nitrogen functional groups attached to an aromatic ring is 1. The van der Waals surface area contributed by atoms with Crippen LogP contribution in [0.5, 0.6) is 0 Å². The van der Waals surface area contributed by atoms with Gasteiger partial charge < -0.3 is 11.1 Å². The molecule has 0 saturated carbocycles. The molecular formula is C16H22N4. The van der Waals surface area contributed by atoms with Crippen LogP contribution < -0.4 is 11.1 Å². The Morgan fingerprint density at radius 2 is 2.05 bits per heavy atom. The van der Waals surface area contributed by atoms with Gasteiger partial charge in [-0.05, 0) is 55.6 Å². The number of nitrogens with one attached hydrogen (secondary N) is 1. The summed E-state index contributed by atoms with van der Waals surface area (Å²) in [4.78, 5) is 8.53. The van der Waals surface area contributed by atoms with Crippen molar-refractivity contribution in [2.75, 3.05) is 12.3 Å². The Balaban J connectivity index is 2.47. The molecule has 0 fully saturated rings. The van der Waals surface area contributed by atoms with Crippen molar-refractivity contribution in [3.63, 3.8) is 0 Å². The molecule has 0 aliphatic heterocycles. The number of nitrogens with zero attached hydrogens (tertiary/aromatic N) is 2. The molecule has 2 rings (SSSR count). The van der Waals surface area contributed by atoms with Crippen LogP contribution in [0.4, 0.5) is 5.82 Å². The van der Waals surface area contributed by atoms with E-state index in [0.717, 1.165) is 29.7 Å². The van der Waals surface area contributed by atoms with Gasteiger partial charge in [-0.25, -0.2) is 4.98 Å². The SMILES string of the molecule is CCCNC(c1cnccc1C)c1cc(C)cnc1N. The molecule has 2 heterocycles. The normalized spacial score (nSPS) is 12.3. The number of anilines is 1. The van der Waals surface area contributed by atoms with Crippen molar-refractivity contribution in [3.8, 4) is 0 Å². The Kier molecular flexibility index (Phi) is 4.69. The molecule has 20 heavy (non-hydrogen) atoms. The Hall–Kier alpha value is -1.94. The maximum atomic E-state index is 6.08. The first-order valence-electron chi connectivity index (χ1n) is 6.99. The van der Waals surface area contributed by atoms with E-state index in [0.29, 0.717) is 5.82 Å². The molecule has 0 saturated heterocycles. The lowest BCUT2D eigenvalue weighted by molar-refractivity contribution is 0.594. The minimum atomic E-state index is 0.0380. The summed E-state index contributed by atoms with van der Waals surface area (Å²) < 4.78 is 0. The molecule has 1 unspecified atom stereocenters. The van der Waals surface area contributed by atoms with Gasteiger partial charge in [0.25, 0.3) is 0 Å². The Labute approximate surface area is 120 Å². The number of pyridine rings is 2. The predicted octanol–water partition coefficient (Wildman–Crippen LogP) is 2.76. The fraction of sp³-hybridized carbons (Fsp3) is 0.375. The molecule has 0 aromatic carbocycles. The van der Waals surface area contributed by atoms with Gasteiger partial charge in [-0.1, -0.05) is 6.92 Å². The third-order valence-corrected chi connectivity index (χ3v) is 3.39. The predicted molar refractivity (Wildman–Crippen MR) is 82.5 cm³/mol. The lowest BCUT2D eigenvalue weighted by Gasteiger charge is -2.22. The van der Waals surface area contributed by atoms with Crippen molar-refractivity contribution in [2.24, 2.45) is 0 Å². The van der Waals surface area contributed by atoms with Crippen molar-refractivity contribution in [3.05, 3.63) is 53.0 Å². The summed E-state index contributed by atoms with van der Waals surface area (Å²) in [5, 5.41) is 3.55. The van der Waals surface area contributed by atoms with E-state index in [-0.39, 0.29) is 6.04 Å². The van der Waals surface area contributed by atoms with E-state index in [4.69, 9.17) is 5.73 Å². The van der Waals surface area contributed by atoms with Crippen molar-refractivity contribution in [2.45, 2.75) is 33.2 Å². The second-order valence-electron chi connectivity index (χ2n) is 5.11. The zero-order valence-electron chi connectivity index (χ0n) is 12.4. The summed E-state index contributed by atoms with van der Waals surface area (Å²) in [7, 11) is 0. The second kappa shape index (κ2) is 6.48. The van der Waals surface area contributed by atoms with Crippen LogP contribution in [0.2, 0.25) is 0 Å². The first-order valence-corrected chi connectivity index (χ1v) is 6.99. The fourth-order valence-electron chi connectivity index (χ4n) is 2.29. The van der Waals surface area contributed by atoms with E-state index >= 15 is 0 Å². The van der Waals surface area contributed by atoms with Crippen molar-refractivity contribution >= 4 is 5.82 Å². The highest BCUT2D eigenvalue weighted by molar-refractivity contribution is 5.48. The van der Waals surface area contributed by atoms with Crippen LogP contribution in [-0.4, -0.2) is 16.5 Å². The number of aromatic nitrogens is 2. The van der Waals surface area contributed by atoms with Gasteiger partial charge in [0.15, 0.2) is 0 Å². The molecule has 106 valence electrons. The number of nitrogens with two attached hydrogens (primary N) is 1. The average molecular weight is 270 g/mol. The molecule has 3 N–H and O–H groups in total. The number of hydrogen-bond donors (Lipinski definition) is 2. The van der Waals surface area contributed by atoms with Gasteiger partial charge in [0.1, 0.15) is 5.82 Å². The van der Waals surface area contributed by atoms with E-state index < -0.39 is 0 Å². The molecular weight excluding hydrogens is 248 g/mol. The van der Waals surface area contributed by atoms with Crippen LogP contribution in [0.1, 0.15) is 41.6 Å². The standard InChI is InChI=1S/C16H22N4/c1-4-6-19-15(14-10-18-7-5-12(14)3)13-8-11(2)9-20-16(13)17/h5,7-10,15,19H,4,6H2,1-3H3,(H2,17,20). The van der Waals surface area contributed by atoms with Gasteiger partial charge in [-0.2, -0.15) is 0 Å². The molecule has 0 aliphatic rings. The molecule has 0 amide bonds. The fourth-order valence-corrected chi connectivity index (χ4v) is 2.29. The summed E-state index contributed by atoms with van der Waals surface area (Å²) in [6, 6.07) is 4.16. The van der Waals surface area contributed by atoms with Crippen molar-refractivity contribution in [1.82, 2.24) is 15.3 Å². The second-order valence-corrected chi connectivity index (χ2v) is 5.11. The zero-order chi connectivity index (χ0) is 14.5. The first-order chi connectivity index (χ1) is 9.63. The lowest BCUT2D eigenvalue weighted by atomic mass is 9.96. The van der Waals surface area contributed by atoms with Crippen LogP contribution >= 0.6 is 0 Å². The minimum absolute atomic E-state index is 0.0380. The van der Waals surface area contributed by atoms with Crippen molar-refractivity contribution in [1.29, 1.82) is 0 Å². The third-order valence-electron chi connectivity index (χ3n) is 3.39. The number of hydrogen-bond acceptors (Lipinski definition) is 4.